The molecule has 3 aliphatic rings. The number of aromatic nitrogens is 3. The fourth-order valence-electron chi connectivity index (χ4n) is 4.46. The average molecular weight is 396 g/mol. The smallest absolute Gasteiger partial charge is 0.293 e. The van der Waals surface area contributed by atoms with E-state index in [2.05, 4.69) is 25.0 Å². The van der Waals surface area contributed by atoms with Gasteiger partial charge in [0.2, 0.25) is 0 Å². The number of nitrogens with one attached hydrogen (secondary N) is 1. The molecule has 1 unspecified atom stereocenters. The van der Waals surface area contributed by atoms with Gasteiger partial charge in [0, 0.05) is 49.6 Å². The van der Waals surface area contributed by atoms with E-state index in [4.69, 9.17) is 0 Å². The molecule has 152 valence electrons. The number of hydrogen-bond acceptors (Lipinski definition) is 6. The van der Waals surface area contributed by atoms with Crippen LogP contribution in [0.3, 0.4) is 0 Å². The van der Waals surface area contributed by atoms with Gasteiger partial charge in [-0.3, -0.25) is 14.9 Å². The Morgan fingerprint density at radius 1 is 1.17 bits per heavy atom. The number of benzene rings is 1. The first-order chi connectivity index (χ1) is 14.1. The first-order valence-corrected chi connectivity index (χ1v) is 10.4. The zero-order chi connectivity index (χ0) is 20.0. The lowest BCUT2D eigenvalue weighted by molar-refractivity contribution is -0.384. The molecule has 1 aromatic carbocycles. The molecule has 1 atom stereocenters. The molecule has 0 bridgehead atoms. The highest BCUT2D eigenvalue weighted by atomic mass is 16.6. The Hall–Kier alpha value is -2.97. The molecular weight excluding hydrogens is 372 g/mol. The van der Waals surface area contributed by atoms with Crippen LogP contribution in [-0.2, 0) is 13.0 Å². The largest absolute Gasteiger partial charge is 0.365 e. The first kappa shape index (κ1) is 18.1. The standard InChI is InChI=1S/C20H24N6O3/c27-20(21-15-6-7-15)13-5-8-16(17(11-13)26(28)29)24-9-1-3-14(12-24)19-23-22-18-4-2-10-25(18)19/h5,8,11,14-15H,1-4,6-7,9-10,12H2,(H,21,27). The second kappa shape index (κ2) is 7.13. The number of carbonyl (C=O) groups excluding carboxylic acids is 1. The van der Waals surface area contributed by atoms with Crippen molar-refractivity contribution >= 4 is 17.3 Å². The molecule has 1 saturated heterocycles. The molecule has 2 fully saturated rings. The Morgan fingerprint density at radius 3 is 2.83 bits per heavy atom. The highest BCUT2D eigenvalue weighted by Gasteiger charge is 2.31. The van der Waals surface area contributed by atoms with Crippen molar-refractivity contribution in [3.8, 4) is 0 Å². The molecule has 1 amide bonds. The van der Waals surface area contributed by atoms with E-state index in [1.54, 1.807) is 12.1 Å². The molecule has 1 saturated carbocycles. The molecule has 0 radical (unpaired) electrons. The van der Waals surface area contributed by atoms with Gasteiger partial charge in [-0.15, -0.1) is 10.2 Å². The van der Waals surface area contributed by atoms with Gasteiger partial charge in [0.25, 0.3) is 11.6 Å². The summed E-state index contributed by atoms with van der Waals surface area (Å²) in [4.78, 5) is 25.7. The molecule has 0 spiro atoms. The molecule has 2 aromatic rings. The highest BCUT2D eigenvalue weighted by molar-refractivity contribution is 5.96. The molecule has 1 aromatic heterocycles. The molecule has 9 heteroatoms. The van der Waals surface area contributed by atoms with E-state index in [1.165, 1.54) is 6.07 Å². The maximum atomic E-state index is 12.3. The molecule has 5 rings (SSSR count). The maximum Gasteiger partial charge on any atom is 0.293 e. The molecule has 2 aliphatic heterocycles. The predicted octanol–water partition coefficient (Wildman–Crippen LogP) is 2.41. The van der Waals surface area contributed by atoms with Crippen LogP contribution < -0.4 is 10.2 Å². The maximum absolute atomic E-state index is 12.3. The van der Waals surface area contributed by atoms with Crippen LogP contribution in [0.1, 0.15) is 60.0 Å². The van der Waals surface area contributed by atoms with Crippen LogP contribution in [0, 0.1) is 10.1 Å². The minimum atomic E-state index is -0.387. The fraction of sp³-hybridized carbons (Fsp3) is 0.550. The van der Waals surface area contributed by atoms with Crippen molar-refractivity contribution in [3.05, 3.63) is 45.5 Å². The van der Waals surface area contributed by atoms with E-state index >= 15 is 0 Å². The lowest BCUT2D eigenvalue weighted by atomic mass is 9.96. The lowest BCUT2D eigenvalue weighted by Crippen LogP contribution is -2.36. The summed E-state index contributed by atoms with van der Waals surface area (Å²) in [6, 6.07) is 5.04. The molecule has 29 heavy (non-hydrogen) atoms. The van der Waals surface area contributed by atoms with Crippen molar-refractivity contribution < 1.29 is 9.72 Å². The van der Waals surface area contributed by atoms with Gasteiger partial charge in [-0.1, -0.05) is 0 Å². The number of aryl methyl sites for hydroxylation is 1. The molecular formula is C20H24N6O3. The van der Waals surface area contributed by atoms with Gasteiger partial charge in [0.15, 0.2) is 0 Å². The number of amides is 1. The van der Waals surface area contributed by atoms with Gasteiger partial charge < -0.3 is 14.8 Å². The Balaban J connectivity index is 1.40. The van der Waals surface area contributed by atoms with E-state index in [0.29, 0.717) is 17.8 Å². The van der Waals surface area contributed by atoms with Crippen molar-refractivity contribution in [2.75, 3.05) is 18.0 Å². The van der Waals surface area contributed by atoms with Gasteiger partial charge >= 0.3 is 0 Å². The summed E-state index contributed by atoms with van der Waals surface area (Å²) >= 11 is 0. The molecule has 1 N–H and O–H groups in total. The number of piperidine rings is 1. The van der Waals surface area contributed by atoms with E-state index in [-0.39, 0.29) is 28.5 Å². The molecule has 1 aliphatic carbocycles. The van der Waals surface area contributed by atoms with Crippen molar-refractivity contribution in [2.24, 2.45) is 0 Å². The number of nitro benzene ring substituents is 1. The summed E-state index contributed by atoms with van der Waals surface area (Å²) < 4.78 is 2.22. The number of fused-ring (bicyclic) bond motifs is 1. The summed E-state index contributed by atoms with van der Waals surface area (Å²) in [5.74, 6) is 2.03. The van der Waals surface area contributed by atoms with Crippen LogP contribution in [0.25, 0.3) is 0 Å². The predicted molar refractivity (Wildman–Crippen MR) is 106 cm³/mol. The zero-order valence-electron chi connectivity index (χ0n) is 16.2. The van der Waals surface area contributed by atoms with Crippen molar-refractivity contribution in [1.82, 2.24) is 20.1 Å². The minimum absolute atomic E-state index is 0.0134. The fourth-order valence-corrected chi connectivity index (χ4v) is 4.46. The Morgan fingerprint density at radius 2 is 2.03 bits per heavy atom. The van der Waals surface area contributed by atoms with Gasteiger partial charge in [-0.05, 0) is 44.2 Å². The topological polar surface area (TPSA) is 106 Å². The average Bonchev–Trinajstić information content (AvgIpc) is 3.26. The van der Waals surface area contributed by atoms with Gasteiger partial charge in [-0.2, -0.15) is 0 Å². The zero-order valence-corrected chi connectivity index (χ0v) is 16.2. The number of hydrogen-bond donors (Lipinski definition) is 1. The summed E-state index contributed by atoms with van der Waals surface area (Å²) in [6.45, 7) is 2.39. The van der Waals surface area contributed by atoms with Crippen LogP contribution in [0.15, 0.2) is 18.2 Å². The highest BCUT2D eigenvalue weighted by Crippen LogP contribution is 2.35. The normalized spacial score (nSPS) is 21.1. The van der Waals surface area contributed by atoms with E-state index < -0.39 is 0 Å². The third kappa shape index (κ3) is 3.45. The summed E-state index contributed by atoms with van der Waals surface area (Å²) in [5, 5.41) is 23.4. The van der Waals surface area contributed by atoms with Crippen LogP contribution in [0.4, 0.5) is 11.4 Å². The van der Waals surface area contributed by atoms with Crippen LogP contribution in [-0.4, -0.2) is 44.7 Å². The summed E-state index contributed by atoms with van der Waals surface area (Å²) in [6.07, 6.45) is 5.97. The molecule has 3 heterocycles. The van der Waals surface area contributed by atoms with Crippen molar-refractivity contribution in [1.29, 1.82) is 0 Å². The van der Waals surface area contributed by atoms with E-state index in [0.717, 1.165) is 63.3 Å². The Kier molecular flexibility index (Phi) is 4.44. The second-order valence-electron chi connectivity index (χ2n) is 8.22. The Bertz CT molecular complexity index is 967. The van der Waals surface area contributed by atoms with Crippen LogP contribution in [0.5, 0.6) is 0 Å². The van der Waals surface area contributed by atoms with Gasteiger partial charge in [0.1, 0.15) is 17.3 Å². The monoisotopic (exact) mass is 396 g/mol. The van der Waals surface area contributed by atoms with Gasteiger partial charge in [0.05, 0.1) is 4.92 Å². The summed E-state index contributed by atoms with van der Waals surface area (Å²) in [5.41, 5.74) is 0.903. The first-order valence-electron chi connectivity index (χ1n) is 10.4. The third-order valence-corrected chi connectivity index (χ3v) is 6.11. The summed E-state index contributed by atoms with van der Waals surface area (Å²) in [7, 11) is 0. The second-order valence-corrected chi connectivity index (χ2v) is 8.22. The van der Waals surface area contributed by atoms with Crippen LogP contribution in [0.2, 0.25) is 0 Å². The number of nitro groups is 1. The lowest BCUT2D eigenvalue weighted by Gasteiger charge is -2.33. The van der Waals surface area contributed by atoms with Crippen molar-refractivity contribution in [2.45, 2.75) is 57.0 Å². The van der Waals surface area contributed by atoms with Crippen LogP contribution >= 0.6 is 0 Å². The molecule has 9 nitrogen and oxygen atoms in total. The number of rotatable bonds is 5. The van der Waals surface area contributed by atoms with E-state index in [9.17, 15) is 14.9 Å². The number of nitrogens with zero attached hydrogens (tertiary/aromatic N) is 5. The SMILES string of the molecule is O=C(NC1CC1)c1ccc(N2CCCC(c3nnc4n3CCC4)C2)c([N+](=O)[O-])c1. The van der Waals surface area contributed by atoms with Gasteiger partial charge in [-0.25, -0.2) is 0 Å². The number of anilines is 1. The quantitative estimate of drug-likeness (QED) is 0.614. The Labute approximate surface area is 168 Å². The third-order valence-electron chi connectivity index (χ3n) is 6.11. The number of carbonyl (C=O) groups is 1. The minimum Gasteiger partial charge on any atom is -0.365 e. The van der Waals surface area contributed by atoms with E-state index in [1.807, 2.05) is 0 Å². The van der Waals surface area contributed by atoms with Crippen molar-refractivity contribution in [3.63, 3.8) is 0 Å².